The minimum absolute atomic E-state index is 0.342. The fourth-order valence-corrected chi connectivity index (χ4v) is 3.11. The van der Waals surface area contributed by atoms with Crippen molar-refractivity contribution in [3.05, 3.63) is 57.6 Å². The van der Waals surface area contributed by atoms with Gasteiger partial charge in [-0.2, -0.15) is 0 Å². The first-order chi connectivity index (χ1) is 11.5. The third kappa shape index (κ3) is 5.30. The largest absolute Gasteiger partial charge is 0.493 e. The van der Waals surface area contributed by atoms with Gasteiger partial charge in [0.1, 0.15) is 0 Å². The van der Waals surface area contributed by atoms with Gasteiger partial charge in [-0.1, -0.05) is 35.3 Å². The van der Waals surface area contributed by atoms with Crippen molar-refractivity contribution in [3.63, 3.8) is 0 Å². The zero-order chi connectivity index (χ0) is 17.5. The van der Waals surface area contributed by atoms with Crippen LogP contribution in [0.2, 0.25) is 10.0 Å². The molecule has 0 fully saturated rings. The Morgan fingerprint density at radius 1 is 1.00 bits per heavy atom. The average molecular weight is 368 g/mol. The molecular weight excluding hydrogens is 345 g/mol. The number of halogens is 2. The van der Waals surface area contributed by atoms with Crippen LogP contribution in [0.25, 0.3) is 0 Å². The van der Waals surface area contributed by atoms with E-state index in [4.69, 9.17) is 32.7 Å². The molecular formula is C19H23Cl2NO2. The maximum atomic E-state index is 6.20. The number of benzene rings is 2. The lowest BCUT2D eigenvalue weighted by Gasteiger charge is -2.16. The quantitative estimate of drug-likeness (QED) is 0.728. The van der Waals surface area contributed by atoms with Gasteiger partial charge in [-0.25, -0.2) is 0 Å². The molecule has 5 heteroatoms. The molecule has 0 aliphatic carbocycles. The van der Waals surface area contributed by atoms with E-state index in [9.17, 15) is 0 Å². The molecule has 1 N–H and O–H groups in total. The summed E-state index contributed by atoms with van der Waals surface area (Å²) in [5, 5.41) is 4.91. The van der Waals surface area contributed by atoms with Crippen molar-refractivity contribution in [2.24, 2.45) is 0 Å². The zero-order valence-electron chi connectivity index (χ0n) is 14.2. The molecule has 1 atom stereocenters. The minimum Gasteiger partial charge on any atom is -0.493 e. The summed E-state index contributed by atoms with van der Waals surface area (Å²) in [7, 11) is 3.29. The van der Waals surface area contributed by atoms with Gasteiger partial charge in [0.15, 0.2) is 11.5 Å². The summed E-state index contributed by atoms with van der Waals surface area (Å²) in [5.74, 6) is 1.51. The van der Waals surface area contributed by atoms with E-state index in [1.165, 1.54) is 5.56 Å². The Hall–Kier alpha value is -1.42. The number of ether oxygens (including phenoxy) is 2. The van der Waals surface area contributed by atoms with Crippen molar-refractivity contribution in [3.8, 4) is 11.5 Å². The number of rotatable bonds is 8. The summed E-state index contributed by atoms with van der Waals surface area (Å²) < 4.78 is 10.6. The molecule has 0 saturated carbocycles. The molecule has 0 radical (unpaired) electrons. The van der Waals surface area contributed by atoms with Gasteiger partial charge in [0.25, 0.3) is 0 Å². The Balaban J connectivity index is 1.86. The van der Waals surface area contributed by atoms with Crippen molar-refractivity contribution in [2.45, 2.75) is 25.8 Å². The minimum atomic E-state index is 0.342. The Labute approximate surface area is 153 Å². The van der Waals surface area contributed by atoms with Crippen LogP contribution >= 0.6 is 23.2 Å². The van der Waals surface area contributed by atoms with Crippen LogP contribution in [0, 0.1) is 0 Å². The predicted octanol–water partition coefficient (Wildman–Crippen LogP) is 4.77. The van der Waals surface area contributed by atoms with Crippen LogP contribution in [-0.4, -0.2) is 26.8 Å². The lowest BCUT2D eigenvalue weighted by Crippen LogP contribution is -2.30. The van der Waals surface area contributed by atoms with Crippen LogP contribution in [0.4, 0.5) is 0 Å². The summed E-state index contributed by atoms with van der Waals surface area (Å²) in [6, 6.07) is 12.0. The third-order valence-electron chi connectivity index (χ3n) is 3.89. The highest BCUT2D eigenvalue weighted by atomic mass is 35.5. The highest BCUT2D eigenvalue weighted by Crippen LogP contribution is 2.28. The summed E-state index contributed by atoms with van der Waals surface area (Å²) in [5.41, 5.74) is 2.31. The van der Waals surface area contributed by atoms with E-state index in [1.54, 1.807) is 20.3 Å². The molecule has 2 aromatic rings. The van der Waals surface area contributed by atoms with E-state index >= 15 is 0 Å². The topological polar surface area (TPSA) is 30.5 Å². The maximum absolute atomic E-state index is 6.20. The first-order valence-electron chi connectivity index (χ1n) is 7.91. The summed E-state index contributed by atoms with van der Waals surface area (Å²) in [4.78, 5) is 0. The molecule has 0 heterocycles. The molecule has 3 nitrogen and oxygen atoms in total. The number of hydrogen-bond donors (Lipinski definition) is 1. The van der Waals surface area contributed by atoms with E-state index in [-0.39, 0.29) is 0 Å². The Bertz CT molecular complexity index is 676. The molecule has 130 valence electrons. The van der Waals surface area contributed by atoms with Gasteiger partial charge in [0, 0.05) is 16.1 Å². The van der Waals surface area contributed by atoms with Crippen molar-refractivity contribution >= 4 is 23.2 Å². The van der Waals surface area contributed by atoms with Gasteiger partial charge in [-0.3, -0.25) is 0 Å². The first kappa shape index (κ1) is 18.9. The summed E-state index contributed by atoms with van der Waals surface area (Å²) in [6.45, 7) is 3.02. The smallest absolute Gasteiger partial charge is 0.160 e. The lowest BCUT2D eigenvalue weighted by atomic mass is 10.1. The third-order valence-corrected chi connectivity index (χ3v) is 4.48. The molecule has 0 bridgehead atoms. The highest BCUT2D eigenvalue weighted by Gasteiger charge is 2.08. The predicted molar refractivity (Wildman–Crippen MR) is 101 cm³/mol. The average Bonchev–Trinajstić information content (AvgIpc) is 2.56. The van der Waals surface area contributed by atoms with Crippen molar-refractivity contribution in [2.75, 3.05) is 20.8 Å². The monoisotopic (exact) mass is 367 g/mol. The van der Waals surface area contributed by atoms with E-state index in [2.05, 4.69) is 18.3 Å². The Kier molecular flexibility index (Phi) is 7.22. The van der Waals surface area contributed by atoms with Crippen molar-refractivity contribution < 1.29 is 9.47 Å². The van der Waals surface area contributed by atoms with Gasteiger partial charge < -0.3 is 14.8 Å². The van der Waals surface area contributed by atoms with Crippen LogP contribution in [0.3, 0.4) is 0 Å². The first-order valence-corrected chi connectivity index (χ1v) is 8.67. The van der Waals surface area contributed by atoms with Gasteiger partial charge in [0.05, 0.1) is 14.2 Å². The molecule has 0 saturated heterocycles. The van der Waals surface area contributed by atoms with Crippen LogP contribution in [0.15, 0.2) is 36.4 Å². The molecule has 0 spiro atoms. The van der Waals surface area contributed by atoms with Gasteiger partial charge in [-0.05, 0) is 61.7 Å². The number of hydrogen-bond acceptors (Lipinski definition) is 3. The fraction of sp³-hybridized carbons (Fsp3) is 0.368. The molecule has 2 rings (SSSR count). The van der Waals surface area contributed by atoms with E-state index < -0.39 is 0 Å². The van der Waals surface area contributed by atoms with E-state index in [0.717, 1.165) is 41.5 Å². The van der Waals surface area contributed by atoms with Crippen molar-refractivity contribution in [1.29, 1.82) is 0 Å². The second-order valence-electron chi connectivity index (χ2n) is 5.73. The van der Waals surface area contributed by atoms with Crippen LogP contribution in [0.5, 0.6) is 11.5 Å². The zero-order valence-corrected chi connectivity index (χ0v) is 15.7. The van der Waals surface area contributed by atoms with Gasteiger partial charge in [0.2, 0.25) is 0 Å². The number of methoxy groups -OCH3 is 2. The molecule has 0 amide bonds. The van der Waals surface area contributed by atoms with Crippen LogP contribution < -0.4 is 14.8 Å². The fourth-order valence-electron chi connectivity index (χ4n) is 2.61. The SMILES string of the molecule is COc1ccc(C[C@@H](C)NCCc2ccc(Cl)cc2Cl)cc1OC. The summed E-state index contributed by atoms with van der Waals surface area (Å²) in [6.07, 6.45) is 1.78. The lowest BCUT2D eigenvalue weighted by molar-refractivity contribution is 0.354. The van der Waals surface area contributed by atoms with E-state index in [0.29, 0.717) is 11.1 Å². The van der Waals surface area contributed by atoms with Gasteiger partial charge >= 0.3 is 0 Å². The standard InChI is InChI=1S/C19H23Cl2NO2/c1-13(10-14-4-7-18(23-2)19(11-14)24-3)22-9-8-15-5-6-16(20)12-17(15)21/h4-7,11-13,22H,8-10H2,1-3H3/t13-/m1/s1. The van der Waals surface area contributed by atoms with Crippen LogP contribution in [0.1, 0.15) is 18.1 Å². The molecule has 0 unspecified atom stereocenters. The second kappa shape index (κ2) is 9.16. The molecule has 24 heavy (non-hydrogen) atoms. The van der Waals surface area contributed by atoms with Crippen LogP contribution in [-0.2, 0) is 12.8 Å². The molecule has 2 aromatic carbocycles. The highest BCUT2D eigenvalue weighted by molar-refractivity contribution is 6.35. The molecule has 0 aliphatic rings. The second-order valence-corrected chi connectivity index (χ2v) is 6.58. The summed E-state index contributed by atoms with van der Waals surface area (Å²) >= 11 is 12.1. The number of nitrogens with one attached hydrogen (secondary N) is 1. The maximum Gasteiger partial charge on any atom is 0.160 e. The Morgan fingerprint density at radius 2 is 1.75 bits per heavy atom. The molecule has 0 aliphatic heterocycles. The molecule has 0 aromatic heterocycles. The Morgan fingerprint density at radius 3 is 2.42 bits per heavy atom. The van der Waals surface area contributed by atoms with Crippen molar-refractivity contribution in [1.82, 2.24) is 5.32 Å². The van der Waals surface area contributed by atoms with E-state index in [1.807, 2.05) is 24.3 Å². The normalized spacial score (nSPS) is 12.0. The van der Waals surface area contributed by atoms with Gasteiger partial charge in [-0.15, -0.1) is 0 Å².